The van der Waals surface area contributed by atoms with Crippen LogP contribution >= 0.6 is 0 Å². The second-order valence-corrected chi connectivity index (χ2v) is 2.19. The summed E-state index contributed by atoms with van der Waals surface area (Å²) in [4.78, 5) is 10.3. The fraction of sp³-hybridized carbons (Fsp3) is 0.125. The number of aldehydes is 1. The largest absolute Gasteiger partial charge is 0.504 e. The van der Waals surface area contributed by atoms with Gasteiger partial charge in [-0.15, -0.1) is 0 Å². The lowest BCUT2D eigenvalue weighted by molar-refractivity contribution is -0.0512. The molecule has 0 fully saturated rings. The van der Waals surface area contributed by atoms with Crippen molar-refractivity contribution in [2.75, 3.05) is 0 Å². The number of rotatable bonds is 3. The van der Waals surface area contributed by atoms with Gasteiger partial charge in [-0.25, -0.2) is 0 Å². The van der Waals surface area contributed by atoms with E-state index in [9.17, 15) is 13.6 Å². The average Bonchev–Trinajstić information content (AvgIpc) is 2.08. The van der Waals surface area contributed by atoms with Crippen LogP contribution in [0.3, 0.4) is 0 Å². The van der Waals surface area contributed by atoms with Gasteiger partial charge in [0.1, 0.15) is 0 Å². The van der Waals surface area contributed by atoms with Gasteiger partial charge in [0.2, 0.25) is 0 Å². The van der Waals surface area contributed by atoms with Crippen LogP contribution in [-0.2, 0) is 0 Å². The van der Waals surface area contributed by atoms with Gasteiger partial charge in [-0.1, -0.05) is 6.07 Å². The zero-order valence-corrected chi connectivity index (χ0v) is 6.41. The topological polar surface area (TPSA) is 46.5 Å². The molecule has 5 heteroatoms. The zero-order chi connectivity index (χ0) is 9.84. The third-order valence-electron chi connectivity index (χ3n) is 1.37. The number of phenolic OH excluding ortho intramolecular Hbond substituents is 1. The lowest BCUT2D eigenvalue weighted by atomic mass is 10.2. The maximum atomic E-state index is 11.7. The summed E-state index contributed by atoms with van der Waals surface area (Å²) in [6.07, 6.45) is 0.355. The van der Waals surface area contributed by atoms with Gasteiger partial charge in [0.25, 0.3) is 0 Å². The third kappa shape index (κ3) is 2.14. The van der Waals surface area contributed by atoms with Gasteiger partial charge in [-0.05, 0) is 12.1 Å². The highest BCUT2D eigenvalue weighted by Gasteiger charge is 2.11. The summed E-state index contributed by atoms with van der Waals surface area (Å²) in [5.41, 5.74) is -0.0850. The number of carbonyl (C=O) groups is 1. The van der Waals surface area contributed by atoms with E-state index in [0.29, 0.717) is 6.29 Å². The minimum Gasteiger partial charge on any atom is -0.504 e. The molecule has 0 radical (unpaired) electrons. The summed E-state index contributed by atoms with van der Waals surface area (Å²) in [5, 5.41) is 9.15. The molecule has 1 rings (SSSR count). The molecule has 3 nitrogen and oxygen atoms in total. The predicted molar refractivity (Wildman–Crippen MR) is 40.1 cm³/mol. The Morgan fingerprint density at radius 2 is 2.15 bits per heavy atom. The maximum Gasteiger partial charge on any atom is 0.387 e. The van der Waals surface area contributed by atoms with E-state index < -0.39 is 18.1 Å². The highest BCUT2D eigenvalue weighted by Crippen LogP contribution is 2.29. The standard InChI is InChI=1S/C8H6F2O3/c9-8(10)13-6-3-1-2-5(4-11)7(6)12/h1-4,8,12H. The predicted octanol–water partition coefficient (Wildman–Crippen LogP) is 1.81. The van der Waals surface area contributed by atoms with Gasteiger partial charge in [0, 0.05) is 0 Å². The Labute approximate surface area is 72.6 Å². The summed E-state index contributed by atoms with van der Waals surface area (Å²) in [5.74, 6) is -0.975. The molecule has 0 spiro atoms. The first-order valence-corrected chi connectivity index (χ1v) is 3.37. The lowest BCUT2D eigenvalue weighted by Crippen LogP contribution is -2.02. The van der Waals surface area contributed by atoms with Crippen LogP contribution in [0.1, 0.15) is 10.4 Å². The van der Waals surface area contributed by atoms with Gasteiger partial charge in [-0.2, -0.15) is 8.78 Å². The molecule has 0 atom stereocenters. The van der Waals surface area contributed by atoms with Crippen LogP contribution in [0.4, 0.5) is 8.78 Å². The molecule has 1 N–H and O–H groups in total. The quantitative estimate of drug-likeness (QED) is 0.735. The van der Waals surface area contributed by atoms with Crippen molar-refractivity contribution in [1.29, 1.82) is 0 Å². The first-order chi connectivity index (χ1) is 6.15. The Morgan fingerprint density at radius 1 is 1.46 bits per heavy atom. The number of ether oxygens (including phenoxy) is 1. The number of halogens is 2. The molecule has 0 saturated carbocycles. The molecule has 0 aliphatic carbocycles. The first kappa shape index (κ1) is 9.44. The summed E-state index contributed by atoms with van der Waals surface area (Å²) >= 11 is 0. The van der Waals surface area contributed by atoms with Gasteiger partial charge in [0.15, 0.2) is 17.8 Å². The molecule has 0 aliphatic heterocycles. The molecule has 0 unspecified atom stereocenters. The van der Waals surface area contributed by atoms with Gasteiger partial charge in [-0.3, -0.25) is 4.79 Å². The Morgan fingerprint density at radius 3 is 2.69 bits per heavy atom. The van der Waals surface area contributed by atoms with Gasteiger partial charge >= 0.3 is 6.61 Å². The van der Waals surface area contributed by atoms with E-state index in [4.69, 9.17) is 5.11 Å². The van der Waals surface area contributed by atoms with Crippen LogP contribution in [0.2, 0.25) is 0 Å². The molecule has 0 amide bonds. The fourth-order valence-electron chi connectivity index (χ4n) is 0.825. The second-order valence-electron chi connectivity index (χ2n) is 2.19. The van der Waals surface area contributed by atoms with Crippen LogP contribution in [0, 0.1) is 0 Å². The Hall–Kier alpha value is -1.65. The van der Waals surface area contributed by atoms with Crippen molar-refractivity contribution in [3.8, 4) is 11.5 Å². The van der Waals surface area contributed by atoms with Crippen LogP contribution in [0.25, 0.3) is 0 Å². The van der Waals surface area contributed by atoms with Crippen LogP contribution in [-0.4, -0.2) is 18.0 Å². The van der Waals surface area contributed by atoms with Gasteiger partial charge in [0.05, 0.1) is 5.56 Å². The number of hydrogen-bond donors (Lipinski definition) is 1. The van der Waals surface area contributed by atoms with E-state index in [1.807, 2.05) is 0 Å². The monoisotopic (exact) mass is 188 g/mol. The highest BCUT2D eigenvalue weighted by atomic mass is 19.3. The molecule has 0 aliphatic rings. The van der Waals surface area contributed by atoms with Crippen LogP contribution in [0.5, 0.6) is 11.5 Å². The molecule has 70 valence electrons. The SMILES string of the molecule is O=Cc1cccc(OC(F)F)c1O. The summed E-state index contributed by atoms with van der Waals surface area (Å²) in [7, 11) is 0. The van der Waals surface area contributed by atoms with Gasteiger partial charge < -0.3 is 9.84 Å². The Bertz CT molecular complexity index is 312. The molecule has 0 aromatic heterocycles. The van der Waals surface area contributed by atoms with E-state index in [0.717, 1.165) is 6.07 Å². The third-order valence-corrected chi connectivity index (χ3v) is 1.37. The number of carbonyl (C=O) groups excluding carboxylic acids is 1. The van der Waals surface area contributed by atoms with Crippen molar-refractivity contribution in [1.82, 2.24) is 0 Å². The van der Waals surface area contributed by atoms with Crippen molar-refractivity contribution in [2.24, 2.45) is 0 Å². The minimum atomic E-state index is -3.02. The Kier molecular flexibility index (Phi) is 2.79. The second kappa shape index (κ2) is 3.84. The number of benzene rings is 1. The van der Waals surface area contributed by atoms with Crippen molar-refractivity contribution in [3.63, 3.8) is 0 Å². The van der Waals surface area contributed by atoms with Crippen LogP contribution < -0.4 is 4.74 Å². The number of alkyl halides is 2. The van der Waals surface area contributed by atoms with E-state index in [1.54, 1.807) is 0 Å². The first-order valence-electron chi connectivity index (χ1n) is 3.37. The summed E-state index contributed by atoms with van der Waals surface area (Å²) < 4.78 is 27.4. The normalized spacial score (nSPS) is 10.1. The number of aromatic hydroxyl groups is 1. The van der Waals surface area contributed by atoms with Crippen molar-refractivity contribution >= 4 is 6.29 Å². The van der Waals surface area contributed by atoms with E-state index in [2.05, 4.69) is 4.74 Å². The maximum absolute atomic E-state index is 11.7. The molecule has 0 saturated heterocycles. The molecule has 13 heavy (non-hydrogen) atoms. The molecular weight excluding hydrogens is 182 g/mol. The average molecular weight is 188 g/mol. The summed E-state index contributed by atoms with van der Waals surface area (Å²) in [6.45, 7) is -3.02. The smallest absolute Gasteiger partial charge is 0.387 e. The van der Waals surface area contributed by atoms with E-state index >= 15 is 0 Å². The number of phenols is 1. The number of para-hydroxylation sites is 1. The van der Waals surface area contributed by atoms with Crippen LogP contribution in [0.15, 0.2) is 18.2 Å². The molecule has 1 aromatic carbocycles. The van der Waals surface area contributed by atoms with E-state index in [-0.39, 0.29) is 5.56 Å². The highest BCUT2D eigenvalue weighted by molar-refractivity contribution is 5.80. The molecule has 1 aromatic rings. The summed E-state index contributed by atoms with van der Waals surface area (Å²) in [6, 6.07) is 3.77. The zero-order valence-electron chi connectivity index (χ0n) is 6.41. The lowest BCUT2D eigenvalue weighted by Gasteiger charge is -2.06. The Balaban J connectivity index is 3.01. The van der Waals surface area contributed by atoms with Crippen molar-refractivity contribution in [2.45, 2.75) is 6.61 Å². The van der Waals surface area contributed by atoms with E-state index in [1.165, 1.54) is 12.1 Å². The number of hydrogen-bond acceptors (Lipinski definition) is 3. The van der Waals surface area contributed by atoms with Crippen molar-refractivity contribution < 1.29 is 23.4 Å². The minimum absolute atomic E-state index is 0.0850. The van der Waals surface area contributed by atoms with Crippen molar-refractivity contribution in [3.05, 3.63) is 23.8 Å². The molecule has 0 bridgehead atoms. The molecular formula is C8H6F2O3. The fourth-order valence-corrected chi connectivity index (χ4v) is 0.825. The molecule has 0 heterocycles.